The van der Waals surface area contributed by atoms with Crippen molar-refractivity contribution >= 4 is 11.9 Å². The second kappa shape index (κ2) is 5.04. The molecule has 4 rings (SSSR count). The van der Waals surface area contributed by atoms with Gasteiger partial charge in [0, 0.05) is 12.3 Å². The Morgan fingerprint density at radius 1 is 1.10 bits per heavy atom. The lowest BCUT2D eigenvalue weighted by atomic mass is 9.81. The second-order valence-corrected chi connectivity index (χ2v) is 6.59. The van der Waals surface area contributed by atoms with Crippen LogP contribution in [0, 0.1) is 17.8 Å². The Bertz CT molecular complexity index is 497. The van der Waals surface area contributed by atoms with E-state index in [4.69, 9.17) is 14.2 Å². The summed E-state index contributed by atoms with van der Waals surface area (Å²) < 4.78 is 16.1. The van der Waals surface area contributed by atoms with Crippen LogP contribution in [0.2, 0.25) is 0 Å². The van der Waals surface area contributed by atoms with Crippen molar-refractivity contribution in [1.29, 1.82) is 0 Å². The van der Waals surface area contributed by atoms with Gasteiger partial charge in [-0.2, -0.15) is 0 Å². The largest absolute Gasteiger partial charge is 0.462 e. The van der Waals surface area contributed by atoms with E-state index in [-0.39, 0.29) is 24.0 Å². The molecule has 0 radical (unpaired) electrons. The van der Waals surface area contributed by atoms with E-state index in [9.17, 15) is 9.59 Å². The van der Waals surface area contributed by atoms with Crippen LogP contribution in [0.1, 0.15) is 44.9 Å². The number of fused-ring (bicyclic) bond motifs is 3. The molecule has 0 aromatic rings. The number of rotatable bonds is 2. The Balaban J connectivity index is 1.47. The number of ether oxygens (including phenoxy) is 3. The van der Waals surface area contributed by atoms with Crippen LogP contribution in [0.4, 0.5) is 0 Å². The van der Waals surface area contributed by atoms with Gasteiger partial charge >= 0.3 is 11.9 Å². The summed E-state index contributed by atoms with van der Waals surface area (Å²) in [6.45, 7) is 0. The lowest BCUT2D eigenvalue weighted by Gasteiger charge is -2.27. The van der Waals surface area contributed by atoms with Crippen LogP contribution in [0.5, 0.6) is 0 Å². The first-order valence-corrected chi connectivity index (χ1v) is 7.98. The third-order valence-electron chi connectivity index (χ3n) is 5.42. The summed E-state index contributed by atoms with van der Waals surface area (Å²) in [5.41, 5.74) is 0.636. The molecule has 4 fully saturated rings. The first-order chi connectivity index (χ1) is 10.2. The van der Waals surface area contributed by atoms with Gasteiger partial charge in [-0.15, -0.1) is 0 Å². The molecule has 114 valence electrons. The van der Waals surface area contributed by atoms with Gasteiger partial charge in [0.1, 0.15) is 6.10 Å². The molecule has 5 heteroatoms. The number of carbonyl (C=O) groups is 2. The number of hydrogen-bond acceptors (Lipinski definition) is 5. The summed E-state index contributed by atoms with van der Waals surface area (Å²) in [6, 6.07) is 0. The van der Waals surface area contributed by atoms with E-state index < -0.39 is 6.29 Å². The predicted molar refractivity (Wildman–Crippen MR) is 71.7 cm³/mol. The predicted octanol–water partition coefficient (Wildman–Crippen LogP) is 2.30. The van der Waals surface area contributed by atoms with E-state index in [1.807, 2.05) is 0 Å². The summed E-state index contributed by atoms with van der Waals surface area (Å²) in [4.78, 5) is 23.1. The van der Waals surface area contributed by atoms with Crippen molar-refractivity contribution in [3.05, 3.63) is 11.8 Å². The minimum absolute atomic E-state index is 0.0452. The summed E-state index contributed by atoms with van der Waals surface area (Å²) >= 11 is 0. The Hall–Kier alpha value is -1.52. The van der Waals surface area contributed by atoms with E-state index in [0.29, 0.717) is 30.3 Å². The first kappa shape index (κ1) is 13.2. The van der Waals surface area contributed by atoms with Crippen molar-refractivity contribution in [3.8, 4) is 0 Å². The third kappa shape index (κ3) is 2.23. The van der Waals surface area contributed by atoms with Crippen molar-refractivity contribution in [2.45, 2.75) is 57.3 Å². The molecule has 4 aliphatic rings. The summed E-state index contributed by atoms with van der Waals surface area (Å²) in [5.74, 6) is 0.899. The van der Waals surface area contributed by atoms with Crippen LogP contribution in [-0.2, 0) is 23.8 Å². The van der Waals surface area contributed by atoms with E-state index in [1.165, 1.54) is 31.9 Å². The first-order valence-electron chi connectivity index (χ1n) is 7.98. The number of esters is 2. The van der Waals surface area contributed by atoms with Crippen LogP contribution in [-0.4, -0.2) is 24.3 Å². The Morgan fingerprint density at radius 3 is 2.76 bits per heavy atom. The number of cyclic esters (lactones) is 1. The van der Waals surface area contributed by atoms with Crippen molar-refractivity contribution < 1.29 is 23.8 Å². The molecular weight excluding hydrogens is 272 g/mol. The van der Waals surface area contributed by atoms with Crippen LogP contribution in [0.3, 0.4) is 0 Å². The molecule has 0 spiro atoms. The van der Waals surface area contributed by atoms with Crippen molar-refractivity contribution in [2.24, 2.45) is 17.8 Å². The smallest absolute Gasteiger partial charge is 0.337 e. The number of hydrogen-bond donors (Lipinski definition) is 0. The molecule has 0 aromatic carbocycles. The molecule has 21 heavy (non-hydrogen) atoms. The van der Waals surface area contributed by atoms with E-state index in [1.54, 1.807) is 0 Å². The lowest BCUT2D eigenvalue weighted by Crippen LogP contribution is -2.25. The highest BCUT2D eigenvalue weighted by atomic mass is 16.7. The minimum atomic E-state index is -0.541. The molecule has 0 amide bonds. The monoisotopic (exact) mass is 292 g/mol. The van der Waals surface area contributed by atoms with Gasteiger partial charge in [-0.3, -0.25) is 4.79 Å². The molecule has 0 aromatic heterocycles. The van der Waals surface area contributed by atoms with E-state index in [0.717, 1.165) is 6.42 Å². The maximum atomic E-state index is 12.1. The fourth-order valence-corrected chi connectivity index (χ4v) is 4.42. The van der Waals surface area contributed by atoms with Crippen molar-refractivity contribution in [3.63, 3.8) is 0 Å². The second-order valence-electron chi connectivity index (χ2n) is 6.59. The minimum Gasteiger partial charge on any atom is -0.462 e. The highest BCUT2D eigenvalue weighted by molar-refractivity contribution is 5.91. The molecule has 2 saturated heterocycles. The average molecular weight is 292 g/mol. The van der Waals surface area contributed by atoms with Crippen LogP contribution < -0.4 is 0 Å². The fraction of sp³-hybridized carbons (Fsp3) is 0.750. The zero-order chi connectivity index (χ0) is 14.4. The highest BCUT2D eigenvalue weighted by Gasteiger charge is 2.53. The average Bonchev–Trinajstić information content (AvgIpc) is 3.11. The maximum Gasteiger partial charge on any atom is 0.337 e. The van der Waals surface area contributed by atoms with Gasteiger partial charge in [-0.05, 0) is 24.7 Å². The van der Waals surface area contributed by atoms with Gasteiger partial charge in [0.2, 0.25) is 6.29 Å². The fourth-order valence-electron chi connectivity index (χ4n) is 4.42. The van der Waals surface area contributed by atoms with Gasteiger partial charge in [0.05, 0.1) is 18.3 Å². The molecule has 5 unspecified atom stereocenters. The molecular formula is C16H20O5. The highest BCUT2D eigenvalue weighted by Crippen LogP contribution is 2.52. The van der Waals surface area contributed by atoms with Gasteiger partial charge in [-0.25, -0.2) is 4.79 Å². The zero-order valence-electron chi connectivity index (χ0n) is 12.0. The Labute approximate surface area is 123 Å². The molecule has 2 saturated carbocycles. The molecule has 5 nitrogen and oxygen atoms in total. The molecule has 0 N–H and O–H groups in total. The quantitative estimate of drug-likeness (QED) is 0.444. The van der Waals surface area contributed by atoms with Crippen LogP contribution in [0.15, 0.2) is 11.8 Å². The van der Waals surface area contributed by atoms with Crippen LogP contribution in [0.25, 0.3) is 0 Å². The number of carbonyl (C=O) groups excluding carboxylic acids is 2. The molecule has 2 aliphatic heterocycles. The zero-order valence-corrected chi connectivity index (χ0v) is 12.0. The molecule has 0 bridgehead atoms. The van der Waals surface area contributed by atoms with Gasteiger partial charge < -0.3 is 14.2 Å². The normalized spacial score (nSPS) is 43.4. The summed E-state index contributed by atoms with van der Waals surface area (Å²) in [6.07, 6.45) is 7.93. The molecule has 2 heterocycles. The van der Waals surface area contributed by atoms with Gasteiger partial charge in [0.25, 0.3) is 0 Å². The molecule has 5 atom stereocenters. The Morgan fingerprint density at radius 2 is 1.95 bits per heavy atom. The standard InChI is InChI=1S/C16H20O5/c17-13-5-6-14(20-13)19-8-12-11-7-9-3-1-2-4-10(9)15(11)21-16(12)18/h8-11,14-15H,1-7H2/b12-8+. The van der Waals surface area contributed by atoms with Crippen molar-refractivity contribution in [2.75, 3.05) is 0 Å². The third-order valence-corrected chi connectivity index (χ3v) is 5.42. The maximum absolute atomic E-state index is 12.1. The van der Waals surface area contributed by atoms with Gasteiger partial charge in [-0.1, -0.05) is 19.3 Å². The topological polar surface area (TPSA) is 61.8 Å². The summed E-state index contributed by atoms with van der Waals surface area (Å²) in [7, 11) is 0. The summed E-state index contributed by atoms with van der Waals surface area (Å²) in [5, 5.41) is 0. The van der Waals surface area contributed by atoms with Crippen LogP contribution >= 0.6 is 0 Å². The lowest BCUT2D eigenvalue weighted by molar-refractivity contribution is -0.154. The Kier molecular flexibility index (Phi) is 3.16. The van der Waals surface area contributed by atoms with Gasteiger partial charge in [0.15, 0.2) is 0 Å². The van der Waals surface area contributed by atoms with E-state index >= 15 is 0 Å². The molecule has 2 aliphatic carbocycles. The van der Waals surface area contributed by atoms with Crippen molar-refractivity contribution in [1.82, 2.24) is 0 Å². The SMILES string of the molecule is O=C1CCC(O/C=C2/C(=O)OC3C2CC2CCCCC23)O1. The van der Waals surface area contributed by atoms with E-state index in [2.05, 4.69) is 0 Å².